The molecule has 0 amide bonds. The van der Waals surface area contributed by atoms with E-state index in [1.165, 1.54) is 29.7 Å². The van der Waals surface area contributed by atoms with E-state index in [1.807, 2.05) is 11.8 Å². The van der Waals surface area contributed by atoms with Gasteiger partial charge in [-0.2, -0.15) is 11.8 Å². The summed E-state index contributed by atoms with van der Waals surface area (Å²) >= 11 is 1.91. The van der Waals surface area contributed by atoms with Crippen molar-refractivity contribution < 1.29 is 0 Å². The number of benzene rings is 1. The normalized spacial score (nSPS) is 11.3. The molecule has 4 nitrogen and oxygen atoms in total. The Morgan fingerprint density at radius 2 is 1.75 bits per heavy atom. The van der Waals surface area contributed by atoms with Gasteiger partial charge in [0.15, 0.2) is 5.96 Å². The summed E-state index contributed by atoms with van der Waals surface area (Å²) < 4.78 is 0. The predicted octanol–water partition coefficient (Wildman–Crippen LogP) is 3.56. The van der Waals surface area contributed by atoms with Crippen LogP contribution in [0.3, 0.4) is 0 Å². The Balaban J connectivity index is 0.00000529. The minimum absolute atomic E-state index is 0. The standard InChI is InChI=1S/C18H32N4S.HI/c1-5-19-18(20-12-6-7-13-23-4)21-14-16-8-10-17(11-9-16)15-22(2)3;/h8-11H,5-7,12-15H2,1-4H3,(H2,19,20,21);1H. The van der Waals surface area contributed by atoms with Gasteiger partial charge in [-0.15, -0.1) is 24.0 Å². The zero-order valence-electron chi connectivity index (χ0n) is 15.5. The van der Waals surface area contributed by atoms with Crippen LogP contribution in [0.25, 0.3) is 0 Å². The number of hydrogen-bond acceptors (Lipinski definition) is 3. The van der Waals surface area contributed by atoms with Crippen molar-refractivity contribution in [3.05, 3.63) is 35.4 Å². The molecule has 1 rings (SSSR count). The van der Waals surface area contributed by atoms with E-state index in [2.05, 4.69) is 72.1 Å². The maximum atomic E-state index is 4.67. The minimum Gasteiger partial charge on any atom is -0.357 e. The summed E-state index contributed by atoms with van der Waals surface area (Å²) in [5.41, 5.74) is 2.58. The van der Waals surface area contributed by atoms with Gasteiger partial charge in [-0.25, -0.2) is 4.99 Å². The number of hydrogen-bond donors (Lipinski definition) is 2. The highest BCUT2D eigenvalue weighted by Crippen LogP contribution is 2.07. The fraction of sp³-hybridized carbons (Fsp3) is 0.611. The molecule has 1 aromatic rings. The molecule has 0 spiro atoms. The Morgan fingerprint density at radius 1 is 1.08 bits per heavy atom. The molecule has 0 aliphatic rings. The molecule has 0 heterocycles. The van der Waals surface area contributed by atoms with Crippen LogP contribution in [0.15, 0.2) is 29.3 Å². The van der Waals surface area contributed by atoms with Gasteiger partial charge in [0.2, 0.25) is 0 Å². The lowest BCUT2D eigenvalue weighted by Gasteiger charge is -2.12. The van der Waals surface area contributed by atoms with E-state index >= 15 is 0 Å². The second-order valence-electron chi connectivity index (χ2n) is 5.88. The molecule has 0 atom stereocenters. The van der Waals surface area contributed by atoms with Gasteiger partial charge in [0.05, 0.1) is 6.54 Å². The van der Waals surface area contributed by atoms with Gasteiger partial charge in [0.25, 0.3) is 0 Å². The quantitative estimate of drug-likeness (QED) is 0.241. The first-order valence-electron chi connectivity index (χ1n) is 8.39. The van der Waals surface area contributed by atoms with Crippen molar-refractivity contribution in [2.24, 2.45) is 4.99 Å². The zero-order valence-corrected chi connectivity index (χ0v) is 18.6. The maximum absolute atomic E-state index is 4.67. The van der Waals surface area contributed by atoms with Crippen molar-refractivity contribution in [3.8, 4) is 0 Å². The Labute approximate surface area is 169 Å². The molecule has 6 heteroatoms. The van der Waals surface area contributed by atoms with Crippen molar-refractivity contribution in [2.75, 3.05) is 39.2 Å². The molecule has 0 radical (unpaired) electrons. The molecule has 2 N–H and O–H groups in total. The summed E-state index contributed by atoms with van der Waals surface area (Å²) in [5, 5.41) is 6.72. The lowest BCUT2D eigenvalue weighted by molar-refractivity contribution is 0.402. The molecule has 0 unspecified atom stereocenters. The first-order chi connectivity index (χ1) is 11.2. The van der Waals surface area contributed by atoms with Crippen molar-refractivity contribution in [3.63, 3.8) is 0 Å². The largest absolute Gasteiger partial charge is 0.357 e. The number of nitrogens with zero attached hydrogens (tertiary/aromatic N) is 2. The fourth-order valence-corrected chi connectivity index (χ4v) is 2.70. The lowest BCUT2D eigenvalue weighted by atomic mass is 10.1. The van der Waals surface area contributed by atoms with Crippen molar-refractivity contribution in [1.29, 1.82) is 0 Å². The summed E-state index contributed by atoms with van der Waals surface area (Å²) in [6, 6.07) is 8.72. The fourth-order valence-electron chi connectivity index (χ4n) is 2.21. The third-order valence-corrected chi connectivity index (χ3v) is 4.05. The molecular formula is C18H33IN4S. The van der Waals surface area contributed by atoms with Gasteiger partial charge in [-0.1, -0.05) is 24.3 Å². The number of unbranched alkanes of at least 4 members (excludes halogenated alkanes) is 1. The molecule has 0 fully saturated rings. The first-order valence-corrected chi connectivity index (χ1v) is 9.78. The highest BCUT2D eigenvalue weighted by molar-refractivity contribution is 14.0. The summed E-state index contributed by atoms with van der Waals surface area (Å²) in [5.74, 6) is 2.14. The van der Waals surface area contributed by atoms with Gasteiger partial charge >= 0.3 is 0 Å². The molecule has 0 aliphatic carbocycles. The Hall–Kier alpha value is -0.470. The van der Waals surface area contributed by atoms with Crippen LogP contribution in [0.4, 0.5) is 0 Å². The number of nitrogens with one attached hydrogen (secondary N) is 2. The van der Waals surface area contributed by atoms with E-state index in [0.717, 1.165) is 25.6 Å². The molecule has 0 aliphatic heterocycles. The summed E-state index contributed by atoms with van der Waals surface area (Å²) in [4.78, 5) is 6.85. The van der Waals surface area contributed by atoms with Crippen LogP contribution in [0.1, 0.15) is 30.9 Å². The smallest absolute Gasteiger partial charge is 0.191 e. The summed E-state index contributed by atoms with van der Waals surface area (Å²) in [7, 11) is 4.18. The van der Waals surface area contributed by atoms with Gasteiger partial charge in [0.1, 0.15) is 0 Å². The molecule has 138 valence electrons. The average molecular weight is 464 g/mol. The first kappa shape index (κ1) is 23.5. The van der Waals surface area contributed by atoms with E-state index in [1.54, 1.807) is 0 Å². The van der Waals surface area contributed by atoms with Crippen LogP contribution in [0.5, 0.6) is 0 Å². The van der Waals surface area contributed by atoms with Crippen LogP contribution >= 0.6 is 35.7 Å². The number of halogens is 1. The molecule has 24 heavy (non-hydrogen) atoms. The van der Waals surface area contributed by atoms with E-state index in [4.69, 9.17) is 0 Å². The second kappa shape index (κ2) is 14.8. The number of rotatable bonds is 10. The van der Waals surface area contributed by atoms with Gasteiger partial charge in [-0.05, 0) is 57.0 Å². The van der Waals surface area contributed by atoms with Gasteiger partial charge < -0.3 is 15.5 Å². The third-order valence-electron chi connectivity index (χ3n) is 3.35. The van der Waals surface area contributed by atoms with E-state index in [0.29, 0.717) is 6.54 Å². The second-order valence-corrected chi connectivity index (χ2v) is 6.86. The SMILES string of the molecule is CCNC(=NCc1ccc(CN(C)C)cc1)NCCCCSC.I. The molecule has 0 bridgehead atoms. The Kier molecular flexibility index (Phi) is 14.5. The average Bonchev–Trinajstić information content (AvgIpc) is 2.53. The van der Waals surface area contributed by atoms with Crippen LogP contribution < -0.4 is 10.6 Å². The lowest BCUT2D eigenvalue weighted by Crippen LogP contribution is -2.37. The maximum Gasteiger partial charge on any atom is 0.191 e. The van der Waals surface area contributed by atoms with Crippen molar-refractivity contribution >= 4 is 41.7 Å². The Bertz CT molecular complexity index is 449. The Morgan fingerprint density at radius 3 is 2.33 bits per heavy atom. The predicted molar refractivity (Wildman–Crippen MR) is 120 cm³/mol. The number of thioether (sulfide) groups is 1. The van der Waals surface area contributed by atoms with E-state index in [9.17, 15) is 0 Å². The molecular weight excluding hydrogens is 431 g/mol. The zero-order chi connectivity index (χ0) is 16.9. The molecule has 0 saturated heterocycles. The van der Waals surface area contributed by atoms with Crippen molar-refractivity contribution in [1.82, 2.24) is 15.5 Å². The summed E-state index contributed by atoms with van der Waals surface area (Å²) in [6.07, 6.45) is 4.59. The molecule has 1 aromatic carbocycles. The molecule has 0 saturated carbocycles. The van der Waals surface area contributed by atoms with Crippen LogP contribution in [0.2, 0.25) is 0 Å². The monoisotopic (exact) mass is 464 g/mol. The minimum atomic E-state index is 0. The van der Waals surface area contributed by atoms with Gasteiger partial charge in [-0.3, -0.25) is 0 Å². The third kappa shape index (κ3) is 11.1. The van der Waals surface area contributed by atoms with Crippen LogP contribution in [0, 0.1) is 0 Å². The van der Waals surface area contributed by atoms with Crippen LogP contribution in [-0.2, 0) is 13.1 Å². The summed E-state index contributed by atoms with van der Waals surface area (Å²) in [6.45, 7) is 5.65. The molecule has 0 aromatic heterocycles. The highest BCUT2D eigenvalue weighted by Gasteiger charge is 1.99. The van der Waals surface area contributed by atoms with E-state index < -0.39 is 0 Å². The highest BCUT2D eigenvalue weighted by atomic mass is 127. The van der Waals surface area contributed by atoms with Gasteiger partial charge in [0, 0.05) is 19.6 Å². The van der Waals surface area contributed by atoms with Crippen molar-refractivity contribution in [2.45, 2.75) is 32.9 Å². The number of aliphatic imine (C=N–C) groups is 1. The van der Waals surface area contributed by atoms with Crippen LogP contribution in [-0.4, -0.2) is 50.1 Å². The number of guanidine groups is 1. The topological polar surface area (TPSA) is 39.7 Å². The van der Waals surface area contributed by atoms with E-state index in [-0.39, 0.29) is 24.0 Å².